The number of amides is 1. The SMILES string of the molecule is CCCOc1ccc(C(=O)[C@@H]2[C@H](C(=O)c3cccc([N+](=O)[O-])c3)N3C=Cc4ccccc4[C@H]3[C@]23C(=O)Nc2ccccc23)cc1. The van der Waals surface area contributed by atoms with Crippen LogP contribution >= 0.6 is 0 Å². The van der Waals surface area contributed by atoms with Gasteiger partial charge in [-0.1, -0.05) is 61.5 Å². The summed E-state index contributed by atoms with van der Waals surface area (Å²) in [6, 6.07) is 25.3. The molecule has 4 aromatic rings. The lowest BCUT2D eigenvalue weighted by Gasteiger charge is -2.38. The van der Waals surface area contributed by atoms with Crippen LogP contribution in [-0.4, -0.2) is 39.9 Å². The van der Waals surface area contributed by atoms with Crippen LogP contribution in [0.25, 0.3) is 6.08 Å². The molecule has 0 bridgehead atoms. The minimum absolute atomic E-state index is 0.0880. The van der Waals surface area contributed by atoms with E-state index in [1.54, 1.807) is 36.5 Å². The van der Waals surface area contributed by atoms with Crippen LogP contribution in [0.1, 0.15) is 56.8 Å². The van der Waals surface area contributed by atoms with Crippen LogP contribution < -0.4 is 10.1 Å². The van der Waals surface area contributed by atoms with Gasteiger partial charge in [0.15, 0.2) is 11.6 Å². The number of nitro benzene ring substituents is 1. The second-order valence-electron chi connectivity index (χ2n) is 11.5. The lowest BCUT2D eigenvalue weighted by atomic mass is 9.62. The summed E-state index contributed by atoms with van der Waals surface area (Å²) in [4.78, 5) is 57.1. The van der Waals surface area contributed by atoms with Gasteiger partial charge in [-0.2, -0.15) is 0 Å². The van der Waals surface area contributed by atoms with E-state index in [-0.39, 0.29) is 22.9 Å². The van der Waals surface area contributed by atoms with Crippen LogP contribution in [0.4, 0.5) is 11.4 Å². The smallest absolute Gasteiger partial charge is 0.270 e. The Morgan fingerprint density at radius 1 is 0.933 bits per heavy atom. The van der Waals surface area contributed by atoms with Crippen molar-refractivity contribution in [2.75, 3.05) is 11.9 Å². The molecule has 1 N–H and O–H groups in total. The van der Waals surface area contributed by atoms with E-state index in [0.717, 1.165) is 17.5 Å². The molecule has 1 fully saturated rings. The first-order chi connectivity index (χ1) is 21.9. The highest BCUT2D eigenvalue weighted by molar-refractivity contribution is 6.16. The molecule has 3 aliphatic heterocycles. The summed E-state index contributed by atoms with van der Waals surface area (Å²) in [5, 5.41) is 14.7. The molecule has 1 amide bonds. The quantitative estimate of drug-likeness (QED) is 0.142. The number of carbonyl (C=O) groups excluding carboxylic acids is 3. The number of ketones is 2. The highest BCUT2D eigenvalue weighted by Crippen LogP contribution is 2.62. The number of anilines is 1. The van der Waals surface area contributed by atoms with Crippen molar-refractivity contribution in [1.82, 2.24) is 4.90 Å². The van der Waals surface area contributed by atoms with Crippen LogP contribution in [0.2, 0.25) is 0 Å². The average molecular weight is 600 g/mol. The van der Waals surface area contributed by atoms with E-state index >= 15 is 0 Å². The third-order valence-corrected chi connectivity index (χ3v) is 9.07. The van der Waals surface area contributed by atoms with Crippen LogP contribution in [0.3, 0.4) is 0 Å². The molecule has 4 atom stereocenters. The summed E-state index contributed by atoms with van der Waals surface area (Å²) in [7, 11) is 0. The van der Waals surface area contributed by atoms with E-state index < -0.39 is 34.1 Å². The zero-order valence-corrected chi connectivity index (χ0v) is 24.4. The van der Waals surface area contributed by atoms with Gasteiger partial charge in [0.25, 0.3) is 5.69 Å². The number of Topliss-reactive ketones (excluding diaryl/α,β-unsaturated/α-hetero) is 2. The van der Waals surface area contributed by atoms with Crippen molar-refractivity contribution < 1.29 is 24.0 Å². The van der Waals surface area contributed by atoms with Gasteiger partial charge in [0.05, 0.1) is 23.5 Å². The summed E-state index contributed by atoms with van der Waals surface area (Å²) >= 11 is 0. The number of non-ortho nitro benzene ring substituents is 1. The summed E-state index contributed by atoms with van der Waals surface area (Å²) < 4.78 is 5.73. The van der Waals surface area contributed by atoms with Crippen LogP contribution in [0.5, 0.6) is 5.75 Å². The fourth-order valence-electron chi connectivity index (χ4n) is 7.23. The van der Waals surface area contributed by atoms with Gasteiger partial charge in [-0.05, 0) is 59.5 Å². The Labute approximate surface area is 259 Å². The predicted octanol–water partition coefficient (Wildman–Crippen LogP) is 6.37. The van der Waals surface area contributed by atoms with E-state index in [0.29, 0.717) is 29.2 Å². The minimum Gasteiger partial charge on any atom is -0.494 e. The van der Waals surface area contributed by atoms with E-state index in [4.69, 9.17) is 4.74 Å². The van der Waals surface area contributed by atoms with E-state index in [9.17, 15) is 24.5 Å². The Balaban J connectivity index is 1.47. The number of fused-ring (bicyclic) bond motifs is 6. The molecule has 3 heterocycles. The molecule has 0 aromatic heterocycles. The Hall–Kier alpha value is -5.57. The van der Waals surface area contributed by atoms with E-state index in [1.165, 1.54) is 24.3 Å². The molecule has 224 valence electrons. The molecule has 1 saturated heterocycles. The molecule has 0 unspecified atom stereocenters. The zero-order chi connectivity index (χ0) is 31.3. The monoisotopic (exact) mass is 599 g/mol. The van der Waals surface area contributed by atoms with Gasteiger partial charge in [-0.3, -0.25) is 24.5 Å². The molecule has 0 radical (unpaired) electrons. The van der Waals surface area contributed by atoms with Crippen molar-refractivity contribution >= 4 is 34.9 Å². The van der Waals surface area contributed by atoms with Crippen molar-refractivity contribution in [2.24, 2.45) is 5.92 Å². The Morgan fingerprint density at radius 3 is 2.47 bits per heavy atom. The predicted molar refractivity (Wildman–Crippen MR) is 168 cm³/mol. The first-order valence-corrected chi connectivity index (χ1v) is 14.9. The van der Waals surface area contributed by atoms with Gasteiger partial charge in [0.1, 0.15) is 17.2 Å². The molecule has 7 rings (SSSR count). The van der Waals surface area contributed by atoms with E-state index in [1.807, 2.05) is 60.4 Å². The molecular formula is C36H29N3O6. The zero-order valence-electron chi connectivity index (χ0n) is 24.4. The molecule has 0 aliphatic carbocycles. The molecule has 0 saturated carbocycles. The topological polar surface area (TPSA) is 119 Å². The standard InChI is InChI=1S/C36H29N3O6/c1-2-20-45-26-16-14-23(15-17-26)32(40)30-31(33(41)24-9-7-10-25(21-24)39(43)44)38-19-18-22-8-3-4-11-27(22)34(38)36(30)28-12-5-6-13-29(28)37-35(36)42/h3-19,21,30-31,34H,2,20H2,1H3,(H,37,42)/t30-,31+,34-,36+/m0/s1. The molecule has 3 aliphatic rings. The molecule has 9 nitrogen and oxygen atoms in total. The number of ether oxygens (including phenoxy) is 1. The van der Waals surface area contributed by atoms with Crippen molar-refractivity contribution in [3.05, 3.63) is 141 Å². The van der Waals surface area contributed by atoms with Gasteiger partial charge in [0, 0.05) is 35.1 Å². The first-order valence-electron chi connectivity index (χ1n) is 14.9. The highest BCUT2D eigenvalue weighted by Gasteiger charge is 2.70. The lowest BCUT2D eigenvalue weighted by molar-refractivity contribution is -0.384. The van der Waals surface area contributed by atoms with Gasteiger partial charge < -0.3 is 15.0 Å². The molecule has 4 aromatic carbocycles. The van der Waals surface area contributed by atoms with Crippen molar-refractivity contribution in [3.8, 4) is 5.75 Å². The number of carbonyl (C=O) groups is 3. The number of hydrogen-bond acceptors (Lipinski definition) is 7. The maximum Gasteiger partial charge on any atom is 0.270 e. The summed E-state index contributed by atoms with van der Waals surface area (Å²) in [5.74, 6) is -1.82. The number of nitrogens with one attached hydrogen (secondary N) is 1. The Bertz CT molecular complexity index is 1900. The van der Waals surface area contributed by atoms with Crippen molar-refractivity contribution in [2.45, 2.75) is 30.8 Å². The summed E-state index contributed by atoms with van der Waals surface area (Å²) in [6.07, 6.45) is 4.48. The number of nitrogens with zero attached hydrogens (tertiary/aromatic N) is 2. The largest absolute Gasteiger partial charge is 0.494 e. The summed E-state index contributed by atoms with van der Waals surface area (Å²) in [6.45, 7) is 2.53. The third kappa shape index (κ3) is 4.26. The van der Waals surface area contributed by atoms with Gasteiger partial charge in [-0.15, -0.1) is 0 Å². The second kappa shape index (κ2) is 10.9. The maximum absolute atomic E-state index is 14.9. The number of para-hydroxylation sites is 1. The molecule has 1 spiro atoms. The molecular weight excluding hydrogens is 570 g/mol. The minimum atomic E-state index is -1.49. The van der Waals surface area contributed by atoms with Crippen molar-refractivity contribution in [3.63, 3.8) is 0 Å². The number of hydrogen-bond donors (Lipinski definition) is 1. The number of benzene rings is 4. The Kier molecular flexibility index (Phi) is 6.81. The highest BCUT2D eigenvalue weighted by atomic mass is 16.6. The molecule has 45 heavy (non-hydrogen) atoms. The average Bonchev–Trinajstić information content (AvgIpc) is 3.55. The second-order valence-corrected chi connectivity index (χ2v) is 11.5. The third-order valence-electron chi connectivity index (χ3n) is 9.07. The maximum atomic E-state index is 14.9. The lowest BCUT2D eigenvalue weighted by Crippen LogP contribution is -2.49. The fourth-order valence-corrected chi connectivity index (χ4v) is 7.23. The van der Waals surface area contributed by atoms with Crippen LogP contribution in [0, 0.1) is 16.0 Å². The normalized spacial score (nSPS) is 22.4. The van der Waals surface area contributed by atoms with Crippen molar-refractivity contribution in [1.29, 1.82) is 0 Å². The number of rotatable bonds is 8. The van der Waals surface area contributed by atoms with Crippen LogP contribution in [0.15, 0.2) is 103 Å². The fraction of sp³-hybridized carbons (Fsp3) is 0.194. The molecule has 9 heteroatoms. The first kappa shape index (κ1) is 28.2. The van der Waals surface area contributed by atoms with E-state index in [2.05, 4.69) is 5.32 Å². The Morgan fingerprint density at radius 2 is 1.69 bits per heavy atom. The van der Waals surface area contributed by atoms with Crippen LogP contribution in [-0.2, 0) is 10.2 Å². The van der Waals surface area contributed by atoms with Gasteiger partial charge in [0.2, 0.25) is 5.91 Å². The van der Waals surface area contributed by atoms with Gasteiger partial charge in [-0.25, -0.2) is 0 Å². The summed E-state index contributed by atoms with van der Waals surface area (Å²) in [5.41, 5.74) is 1.58. The van der Waals surface area contributed by atoms with Gasteiger partial charge >= 0.3 is 0 Å². The number of nitro groups is 1.